The number of ether oxygens (including phenoxy) is 2. The highest BCUT2D eigenvalue weighted by Crippen LogP contribution is 2.49. The van der Waals surface area contributed by atoms with E-state index >= 15 is 0 Å². The van der Waals surface area contributed by atoms with Crippen LogP contribution in [0.2, 0.25) is 0 Å². The lowest BCUT2D eigenvalue weighted by molar-refractivity contribution is -0.157. The van der Waals surface area contributed by atoms with Gasteiger partial charge in [0.25, 0.3) is 0 Å². The lowest BCUT2D eigenvalue weighted by Gasteiger charge is -2.48. The van der Waals surface area contributed by atoms with Crippen LogP contribution in [-0.2, 0) is 16.1 Å². The number of nitrogens with zero attached hydrogens (tertiary/aromatic N) is 2. The third kappa shape index (κ3) is 3.52. The molecule has 1 fully saturated rings. The van der Waals surface area contributed by atoms with Gasteiger partial charge in [-0.25, -0.2) is 0 Å². The Morgan fingerprint density at radius 2 is 2.11 bits per heavy atom. The fraction of sp³-hybridized carbons (Fsp3) is 0.455. The summed E-state index contributed by atoms with van der Waals surface area (Å²) in [5, 5.41) is 9.38. The van der Waals surface area contributed by atoms with Crippen molar-refractivity contribution in [2.24, 2.45) is 0 Å². The first-order valence-electron chi connectivity index (χ1n) is 9.67. The largest absolute Gasteiger partial charge is 0.484 e. The summed E-state index contributed by atoms with van der Waals surface area (Å²) in [4.78, 5) is 16.2. The summed E-state index contributed by atoms with van der Waals surface area (Å²) in [6, 6.07) is 13.8. The van der Waals surface area contributed by atoms with E-state index in [0.29, 0.717) is 30.2 Å². The summed E-state index contributed by atoms with van der Waals surface area (Å²) >= 11 is 1.41. The highest BCUT2D eigenvalue weighted by molar-refractivity contribution is 7.13. The molecule has 6 heteroatoms. The second kappa shape index (κ2) is 7.57. The molecule has 2 aliphatic rings. The Labute approximate surface area is 169 Å². The molecule has 1 aromatic heterocycles. The van der Waals surface area contributed by atoms with Crippen molar-refractivity contribution in [2.45, 2.75) is 57.5 Å². The van der Waals surface area contributed by atoms with Gasteiger partial charge >= 0.3 is 0 Å². The summed E-state index contributed by atoms with van der Waals surface area (Å²) in [5.74, 6) is 0.856. The van der Waals surface area contributed by atoms with Crippen molar-refractivity contribution in [1.29, 1.82) is 5.26 Å². The van der Waals surface area contributed by atoms with Crippen molar-refractivity contribution in [3.8, 4) is 11.8 Å². The van der Waals surface area contributed by atoms with Crippen molar-refractivity contribution in [1.82, 2.24) is 4.90 Å². The number of likely N-dealkylation sites (tertiary alicyclic amines) is 1. The Balaban J connectivity index is 1.71. The van der Waals surface area contributed by atoms with Gasteiger partial charge in [-0.2, -0.15) is 5.26 Å². The minimum Gasteiger partial charge on any atom is -0.484 e. The topological polar surface area (TPSA) is 62.6 Å². The summed E-state index contributed by atoms with van der Waals surface area (Å²) in [6.07, 6.45) is 2.15. The number of carbonyl (C=O) groups is 1. The van der Waals surface area contributed by atoms with Crippen LogP contribution in [0.4, 0.5) is 0 Å². The number of fused-ring (bicyclic) bond motifs is 1. The molecule has 0 bridgehead atoms. The fourth-order valence-electron chi connectivity index (χ4n) is 4.07. The number of benzene rings is 1. The Bertz CT molecular complexity index is 900. The summed E-state index contributed by atoms with van der Waals surface area (Å²) in [6.45, 7) is 5.15. The molecule has 1 aromatic carbocycles. The number of rotatable bonds is 4. The van der Waals surface area contributed by atoms with E-state index in [-0.39, 0.29) is 18.1 Å². The average Bonchev–Trinajstić information content (AvgIpc) is 3.09. The standard InChI is InChI=1S/C22H24N2O3S/c1-22(2)21(26-14-15-8-4-3-5-9-15)19(24-11-7-6-10-18(24)25)20-17(27-22)12-16(13-23)28-20/h3-5,8-9,12,19,21H,6-7,10-11,14H2,1-2H3/t19-,21+/m1/s1. The molecule has 1 saturated heterocycles. The van der Waals surface area contributed by atoms with E-state index < -0.39 is 5.60 Å². The molecule has 2 atom stereocenters. The van der Waals surface area contributed by atoms with E-state index in [9.17, 15) is 10.1 Å². The monoisotopic (exact) mass is 396 g/mol. The van der Waals surface area contributed by atoms with Crippen LogP contribution in [0.3, 0.4) is 0 Å². The molecule has 28 heavy (non-hydrogen) atoms. The number of hydrogen-bond donors (Lipinski definition) is 0. The first kappa shape index (κ1) is 19.0. The second-order valence-electron chi connectivity index (χ2n) is 7.86. The molecule has 5 nitrogen and oxygen atoms in total. The quantitative estimate of drug-likeness (QED) is 0.767. The van der Waals surface area contributed by atoms with Crippen LogP contribution in [0, 0.1) is 11.3 Å². The van der Waals surface area contributed by atoms with Gasteiger partial charge in [-0.05, 0) is 32.3 Å². The molecule has 0 unspecified atom stereocenters. The average molecular weight is 397 g/mol. The van der Waals surface area contributed by atoms with Crippen LogP contribution < -0.4 is 4.74 Å². The minimum atomic E-state index is -0.627. The van der Waals surface area contributed by atoms with Gasteiger partial charge in [0.05, 0.1) is 17.5 Å². The number of nitriles is 1. The molecule has 3 heterocycles. The first-order valence-corrected chi connectivity index (χ1v) is 10.5. The zero-order valence-corrected chi connectivity index (χ0v) is 17.0. The third-order valence-corrected chi connectivity index (χ3v) is 6.51. The van der Waals surface area contributed by atoms with E-state index in [1.165, 1.54) is 11.3 Å². The van der Waals surface area contributed by atoms with E-state index in [0.717, 1.165) is 23.3 Å². The highest BCUT2D eigenvalue weighted by Gasteiger charge is 2.49. The van der Waals surface area contributed by atoms with Crippen molar-refractivity contribution in [3.63, 3.8) is 0 Å². The first-order chi connectivity index (χ1) is 13.5. The number of piperidine rings is 1. The van der Waals surface area contributed by atoms with Crippen molar-refractivity contribution in [3.05, 3.63) is 51.7 Å². The van der Waals surface area contributed by atoms with E-state index in [4.69, 9.17) is 9.47 Å². The number of hydrogen-bond acceptors (Lipinski definition) is 5. The zero-order valence-electron chi connectivity index (χ0n) is 16.2. The maximum Gasteiger partial charge on any atom is 0.223 e. The molecule has 0 spiro atoms. The smallest absolute Gasteiger partial charge is 0.223 e. The fourth-order valence-corrected chi connectivity index (χ4v) is 5.09. The Kier molecular flexibility index (Phi) is 5.13. The van der Waals surface area contributed by atoms with E-state index in [1.807, 2.05) is 49.1 Å². The van der Waals surface area contributed by atoms with Crippen LogP contribution in [0.1, 0.15) is 54.5 Å². The maximum atomic E-state index is 12.8. The molecule has 2 aliphatic heterocycles. The molecule has 1 amide bonds. The molecule has 0 saturated carbocycles. The van der Waals surface area contributed by atoms with Crippen molar-refractivity contribution >= 4 is 17.2 Å². The van der Waals surface area contributed by atoms with Gasteiger partial charge in [-0.15, -0.1) is 11.3 Å². The van der Waals surface area contributed by atoms with Crippen LogP contribution in [0.5, 0.6) is 5.75 Å². The van der Waals surface area contributed by atoms with Gasteiger partial charge < -0.3 is 14.4 Å². The van der Waals surface area contributed by atoms with Crippen LogP contribution >= 0.6 is 11.3 Å². The van der Waals surface area contributed by atoms with Gasteiger partial charge in [-0.3, -0.25) is 4.79 Å². The molecule has 146 valence electrons. The predicted octanol–water partition coefficient (Wildman–Crippen LogP) is 4.43. The summed E-state index contributed by atoms with van der Waals surface area (Å²) in [5.41, 5.74) is 0.453. The van der Waals surface area contributed by atoms with E-state index in [1.54, 1.807) is 6.07 Å². The van der Waals surface area contributed by atoms with Gasteiger partial charge in [-0.1, -0.05) is 30.3 Å². The molecular formula is C22H24N2O3S. The van der Waals surface area contributed by atoms with Gasteiger partial charge in [0.2, 0.25) is 5.91 Å². The SMILES string of the molecule is CC1(C)Oc2cc(C#N)sc2[C@@H](N2CCCCC2=O)[C@@H]1OCc1ccccc1. The number of amides is 1. The molecule has 0 radical (unpaired) electrons. The zero-order chi connectivity index (χ0) is 19.7. The lowest BCUT2D eigenvalue weighted by Crippen LogP contribution is -2.56. The second-order valence-corrected chi connectivity index (χ2v) is 8.95. The van der Waals surface area contributed by atoms with Crippen molar-refractivity contribution < 1.29 is 14.3 Å². The molecule has 0 aliphatic carbocycles. The third-order valence-electron chi connectivity index (χ3n) is 5.42. The highest BCUT2D eigenvalue weighted by atomic mass is 32.1. The normalized spacial score (nSPS) is 23.6. The maximum absolute atomic E-state index is 12.8. The van der Waals surface area contributed by atoms with E-state index in [2.05, 4.69) is 6.07 Å². The van der Waals surface area contributed by atoms with Gasteiger partial charge in [0.1, 0.15) is 28.4 Å². The van der Waals surface area contributed by atoms with Crippen LogP contribution in [0.25, 0.3) is 0 Å². The molecule has 2 aromatic rings. The van der Waals surface area contributed by atoms with Crippen molar-refractivity contribution in [2.75, 3.05) is 6.54 Å². The Morgan fingerprint density at radius 1 is 1.32 bits per heavy atom. The number of thiophene rings is 1. The molecular weight excluding hydrogens is 372 g/mol. The number of carbonyl (C=O) groups excluding carboxylic acids is 1. The minimum absolute atomic E-state index is 0.153. The van der Waals surface area contributed by atoms with Gasteiger partial charge in [0.15, 0.2) is 0 Å². The molecule has 0 N–H and O–H groups in total. The summed E-state index contributed by atoms with van der Waals surface area (Å²) in [7, 11) is 0. The Hall–Kier alpha value is -2.36. The van der Waals surface area contributed by atoms with Crippen LogP contribution in [-0.4, -0.2) is 29.1 Å². The van der Waals surface area contributed by atoms with Gasteiger partial charge in [0, 0.05) is 19.0 Å². The van der Waals surface area contributed by atoms with Crippen LogP contribution in [0.15, 0.2) is 36.4 Å². The predicted molar refractivity (Wildman–Crippen MR) is 107 cm³/mol. The lowest BCUT2D eigenvalue weighted by atomic mass is 9.88. The molecule has 4 rings (SSSR count). The Morgan fingerprint density at radius 3 is 2.82 bits per heavy atom. The summed E-state index contributed by atoms with van der Waals surface area (Å²) < 4.78 is 12.7.